The molecule has 1 aliphatic rings. The van der Waals surface area contributed by atoms with Crippen molar-refractivity contribution in [2.24, 2.45) is 0 Å². The molecule has 2 nitrogen and oxygen atoms in total. The molecule has 0 saturated heterocycles. The maximum Gasteiger partial charge on any atom is 0.0964 e. The summed E-state index contributed by atoms with van der Waals surface area (Å²) in [5, 5.41) is 8.88. The largest absolute Gasteiger partial charge is 0.155 e. The minimum absolute atomic E-state index is 1.10. The number of benzene rings is 1. The maximum atomic E-state index is 4.48. The van der Waals surface area contributed by atoms with Crippen LogP contribution >= 0.6 is 0 Å². The van der Waals surface area contributed by atoms with Gasteiger partial charge in [0.25, 0.3) is 0 Å². The van der Waals surface area contributed by atoms with Crippen molar-refractivity contribution in [3.8, 4) is 11.3 Å². The first kappa shape index (κ1) is 12.3. The molecule has 0 fully saturated rings. The summed E-state index contributed by atoms with van der Waals surface area (Å²) in [6.07, 6.45) is 7.56. The molecule has 1 aromatic heterocycles. The van der Waals surface area contributed by atoms with Crippen LogP contribution in [0, 0.1) is 6.92 Å². The molecule has 1 aromatic carbocycles. The Bertz CT molecular complexity index is 561. The number of nitrogens with zero attached hydrogens (tertiary/aromatic N) is 2. The normalized spacial score (nSPS) is 15.4. The summed E-state index contributed by atoms with van der Waals surface area (Å²) >= 11 is 0. The summed E-state index contributed by atoms with van der Waals surface area (Å²) in [5.74, 6) is 0. The number of fused-ring (bicyclic) bond motifs is 1. The second-order valence-corrected chi connectivity index (χ2v) is 5.37. The Hall–Kier alpha value is -1.70. The molecule has 0 atom stereocenters. The first-order chi connectivity index (χ1) is 9.36. The highest BCUT2D eigenvalue weighted by Crippen LogP contribution is 2.29. The highest BCUT2D eigenvalue weighted by atomic mass is 15.1. The molecular formula is C17H20N2. The molecule has 1 heterocycles. The van der Waals surface area contributed by atoms with Crippen molar-refractivity contribution in [1.29, 1.82) is 0 Å². The number of rotatable bonds is 1. The Morgan fingerprint density at radius 3 is 2.21 bits per heavy atom. The first-order valence-electron chi connectivity index (χ1n) is 7.27. The highest BCUT2D eigenvalue weighted by molar-refractivity contribution is 5.64. The van der Waals surface area contributed by atoms with Crippen molar-refractivity contribution in [3.63, 3.8) is 0 Å². The van der Waals surface area contributed by atoms with Gasteiger partial charge in [-0.1, -0.05) is 43.2 Å². The second-order valence-electron chi connectivity index (χ2n) is 5.37. The smallest absolute Gasteiger partial charge is 0.0964 e. The average Bonchev–Trinajstić information content (AvgIpc) is 2.41. The fraction of sp³-hybridized carbons (Fsp3) is 0.412. The monoisotopic (exact) mass is 252 g/mol. The van der Waals surface area contributed by atoms with E-state index in [0.717, 1.165) is 24.2 Å². The van der Waals surface area contributed by atoms with Crippen molar-refractivity contribution in [2.75, 3.05) is 0 Å². The van der Waals surface area contributed by atoms with Crippen LogP contribution in [-0.2, 0) is 12.8 Å². The SMILES string of the molecule is Cc1nnc(-c2ccccc2)c2c1CCCCCC2. The molecule has 0 N–H and O–H groups in total. The van der Waals surface area contributed by atoms with E-state index in [4.69, 9.17) is 0 Å². The average molecular weight is 252 g/mol. The molecule has 0 amide bonds. The van der Waals surface area contributed by atoms with Crippen molar-refractivity contribution >= 4 is 0 Å². The van der Waals surface area contributed by atoms with Crippen LogP contribution in [0.2, 0.25) is 0 Å². The molecule has 0 unspecified atom stereocenters. The van der Waals surface area contributed by atoms with E-state index in [-0.39, 0.29) is 0 Å². The van der Waals surface area contributed by atoms with Crippen molar-refractivity contribution in [2.45, 2.75) is 45.4 Å². The predicted molar refractivity (Wildman–Crippen MR) is 78.1 cm³/mol. The van der Waals surface area contributed by atoms with Crippen molar-refractivity contribution < 1.29 is 0 Å². The molecule has 0 aliphatic heterocycles. The quantitative estimate of drug-likeness (QED) is 0.763. The van der Waals surface area contributed by atoms with Crippen LogP contribution in [0.4, 0.5) is 0 Å². The van der Waals surface area contributed by atoms with Crippen LogP contribution in [0.5, 0.6) is 0 Å². The fourth-order valence-corrected chi connectivity index (χ4v) is 2.99. The van der Waals surface area contributed by atoms with Gasteiger partial charge in [-0.3, -0.25) is 0 Å². The Labute approximate surface area is 114 Å². The van der Waals surface area contributed by atoms with Gasteiger partial charge >= 0.3 is 0 Å². The maximum absolute atomic E-state index is 4.48. The van der Waals surface area contributed by atoms with E-state index >= 15 is 0 Å². The summed E-state index contributed by atoms with van der Waals surface area (Å²) in [6, 6.07) is 10.5. The number of aromatic nitrogens is 2. The third-order valence-electron chi connectivity index (χ3n) is 4.04. The highest BCUT2D eigenvalue weighted by Gasteiger charge is 2.16. The molecular weight excluding hydrogens is 232 g/mol. The van der Waals surface area contributed by atoms with Gasteiger partial charge in [0.2, 0.25) is 0 Å². The summed E-state index contributed by atoms with van der Waals surface area (Å²) in [4.78, 5) is 0. The lowest BCUT2D eigenvalue weighted by Gasteiger charge is -2.18. The van der Waals surface area contributed by atoms with E-state index in [9.17, 15) is 0 Å². The van der Waals surface area contributed by atoms with E-state index in [0.29, 0.717) is 0 Å². The van der Waals surface area contributed by atoms with Gasteiger partial charge in [-0.25, -0.2) is 0 Å². The Morgan fingerprint density at radius 1 is 0.789 bits per heavy atom. The molecule has 2 heteroatoms. The zero-order valence-corrected chi connectivity index (χ0v) is 11.5. The summed E-state index contributed by atoms with van der Waals surface area (Å²) < 4.78 is 0. The van der Waals surface area contributed by atoms with E-state index < -0.39 is 0 Å². The van der Waals surface area contributed by atoms with E-state index in [1.165, 1.54) is 42.4 Å². The van der Waals surface area contributed by atoms with Crippen molar-refractivity contribution in [3.05, 3.63) is 47.2 Å². The van der Waals surface area contributed by atoms with Gasteiger partial charge in [-0.05, 0) is 43.7 Å². The molecule has 0 bridgehead atoms. The molecule has 19 heavy (non-hydrogen) atoms. The van der Waals surface area contributed by atoms with E-state index in [1.54, 1.807) is 0 Å². The van der Waals surface area contributed by atoms with Gasteiger partial charge in [0.15, 0.2) is 0 Å². The second kappa shape index (κ2) is 5.52. The Morgan fingerprint density at radius 2 is 1.47 bits per heavy atom. The molecule has 2 aromatic rings. The van der Waals surface area contributed by atoms with Gasteiger partial charge in [0.1, 0.15) is 0 Å². The molecule has 1 aliphatic carbocycles. The lowest BCUT2D eigenvalue weighted by Crippen LogP contribution is -2.08. The molecule has 0 radical (unpaired) electrons. The molecule has 3 rings (SSSR count). The van der Waals surface area contributed by atoms with Crippen LogP contribution in [-0.4, -0.2) is 10.2 Å². The lowest BCUT2D eigenvalue weighted by atomic mass is 9.90. The summed E-state index contributed by atoms with van der Waals surface area (Å²) in [7, 11) is 0. The van der Waals surface area contributed by atoms with Crippen LogP contribution in [0.3, 0.4) is 0 Å². The number of hydrogen-bond donors (Lipinski definition) is 0. The van der Waals surface area contributed by atoms with Gasteiger partial charge in [0, 0.05) is 5.56 Å². The van der Waals surface area contributed by atoms with Crippen LogP contribution in [0.1, 0.15) is 42.5 Å². The minimum atomic E-state index is 1.10. The van der Waals surface area contributed by atoms with E-state index in [1.807, 2.05) is 0 Å². The van der Waals surface area contributed by atoms with Gasteiger partial charge < -0.3 is 0 Å². The fourth-order valence-electron chi connectivity index (χ4n) is 2.99. The molecule has 98 valence electrons. The Balaban J connectivity index is 2.12. The van der Waals surface area contributed by atoms with Gasteiger partial charge in [0.05, 0.1) is 11.4 Å². The third kappa shape index (κ3) is 2.53. The van der Waals surface area contributed by atoms with Crippen LogP contribution < -0.4 is 0 Å². The van der Waals surface area contributed by atoms with Gasteiger partial charge in [-0.15, -0.1) is 5.10 Å². The standard InChI is InChI=1S/C17H20N2/c1-13-15-11-7-2-3-8-12-16(15)17(19-18-13)14-9-5-4-6-10-14/h4-6,9-10H,2-3,7-8,11-12H2,1H3. The topological polar surface area (TPSA) is 25.8 Å². The summed E-state index contributed by atoms with van der Waals surface area (Å²) in [5.41, 5.74) is 6.32. The number of aryl methyl sites for hydroxylation is 1. The first-order valence-corrected chi connectivity index (χ1v) is 7.27. The van der Waals surface area contributed by atoms with Crippen LogP contribution in [0.25, 0.3) is 11.3 Å². The number of hydrogen-bond acceptors (Lipinski definition) is 2. The lowest BCUT2D eigenvalue weighted by molar-refractivity contribution is 0.610. The molecule has 0 spiro atoms. The Kier molecular flexibility index (Phi) is 3.58. The van der Waals surface area contributed by atoms with Crippen LogP contribution in [0.15, 0.2) is 30.3 Å². The minimum Gasteiger partial charge on any atom is -0.155 e. The zero-order valence-electron chi connectivity index (χ0n) is 11.5. The third-order valence-corrected chi connectivity index (χ3v) is 4.04. The molecule has 0 saturated carbocycles. The predicted octanol–water partition coefficient (Wildman–Crippen LogP) is 4.11. The van der Waals surface area contributed by atoms with Crippen molar-refractivity contribution in [1.82, 2.24) is 10.2 Å². The summed E-state index contributed by atoms with van der Waals surface area (Å²) in [6.45, 7) is 2.10. The van der Waals surface area contributed by atoms with E-state index in [2.05, 4.69) is 47.5 Å². The zero-order chi connectivity index (χ0) is 13.1. The van der Waals surface area contributed by atoms with Gasteiger partial charge in [-0.2, -0.15) is 5.10 Å².